The van der Waals surface area contributed by atoms with Crippen LogP contribution in [0, 0.1) is 5.92 Å². The minimum atomic E-state index is 0.433. The first-order valence-corrected chi connectivity index (χ1v) is 5.50. The maximum atomic E-state index is 5.89. The van der Waals surface area contributed by atoms with Gasteiger partial charge in [-0.15, -0.1) is 0 Å². The van der Waals surface area contributed by atoms with Gasteiger partial charge in [-0.2, -0.15) is 0 Å². The van der Waals surface area contributed by atoms with E-state index < -0.39 is 0 Å². The van der Waals surface area contributed by atoms with E-state index in [0.29, 0.717) is 11.7 Å². The van der Waals surface area contributed by atoms with Crippen LogP contribution in [-0.2, 0) is 0 Å². The molecule has 15 heavy (non-hydrogen) atoms. The first-order valence-electron chi connectivity index (χ1n) is 5.50. The summed E-state index contributed by atoms with van der Waals surface area (Å²) in [7, 11) is 0. The Morgan fingerprint density at radius 3 is 2.80 bits per heavy atom. The summed E-state index contributed by atoms with van der Waals surface area (Å²) in [6.45, 7) is 5.41. The zero-order valence-electron chi connectivity index (χ0n) is 9.35. The Bertz CT molecular complexity index is 333. The maximum Gasteiger partial charge on any atom is 0.155 e. The second-order valence-electron chi connectivity index (χ2n) is 4.49. The summed E-state index contributed by atoms with van der Waals surface area (Å²) in [6.07, 6.45) is 5.92. The number of nitrogen functional groups attached to an aromatic ring is 1. The molecule has 4 heteroatoms. The van der Waals surface area contributed by atoms with Gasteiger partial charge in [0.05, 0.1) is 11.9 Å². The molecule has 0 saturated heterocycles. The fraction of sp³-hybridized carbons (Fsp3) is 0.636. The molecule has 0 aromatic carbocycles. The topological polar surface area (TPSA) is 55.0 Å². The van der Waals surface area contributed by atoms with Crippen molar-refractivity contribution in [1.82, 2.24) is 9.97 Å². The highest BCUT2D eigenvalue weighted by molar-refractivity contribution is 5.61. The largest absolute Gasteiger partial charge is 0.394 e. The fourth-order valence-electron chi connectivity index (χ4n) is 1.69. The normalized spacial score (nSPS) is 15.7. The third-order valence-electron chi connectivity index (χ3n) is 2.77. The van der Waals surface area contributed by atoms with E-state index in [1.807, 2.05) is 0 Å². The molecule has 2 N–H and O–H groups in total. The van der Waals surface area contributed by atoms with E-state index in [4.69, 9.17) is 5.73 Å². The van der Waals surface area contributed by atoms with Crippen molar-refractivity contribution in [3.63, 3.8) is 0 Å². The van der Waals surface area contributed by atoms with Gasteiger partial charge in [0, 0.05) is 12.6 Å². The van der Waals surface area contributed by atoms with Crippen LogP contribution in [-0.4, -0.2) is 22.6 Å². The maximum absolute atomic E-state index is 5.89. The number of anilines is 2. The van der Waals surface area contributed by atoms with Gasteiger partial charge in [0.1, 0.15) is 6.33 Å². The Hall–Kier alpha value is -1.32. The molecular formula is C11H18N4. The first kappa shape index (κ1) is 10.2. The van der Waals surface area contributed by atoms with Gasteiger partial charge >= 0.3 is 0 Å². The molecule has 0 unspecified atom stereocenters. The van der Waals surface area contributed by atoms with E-state index in [1.54, 1.807) is 12.5 Å². The molecule has 1 fully saturated rings. The number of nitrogens with two attached hydrogens (primary N) is 1. The number of hydrogen-bond donors (Lipinski definition) is 1. The monoisotopic (exact) mass is 206 g/mol. The molecule has 1 aromatic heterocycles. The van der Waals surface area contributed by atoms with Crippen molar-refractivity contribution in [2.45, 2.75) is 32.7 Å². The van der Waals surface area contributed by atoms with Crippen LogP contribution in [0.3, 0.4) is 0 Å². The van der Waals surface area contributed by atoms with Crippen LogP contribution in [0.25, 0.3) is 0 Å². The van der Waals surface area contributed by atoms with Crippen LogP contribution in [0.4, 0.5) is 11.5 Å². The van der Waals surface area contributed by atoms with Gasteiger partial charge in [-0.05, 0) is 32.6 Å². The van der Waals surface area contributed by atoms with Crippen LogP contribution in [0.15, 0.2) is 12.5 Å². The van der Waals surface area contributed by atoms with Crippen LogP contribution in [0.2, 0.25) is 0 Å². The van der Waals surface area contributed by atoms with Crippen molar-refractivity contribution < 1.29 is 0 Å². The van der Waals surface area contributed by atoms with Gasteiger partial charge < -0.3 is 10.6 Å². The van der Waals surface area contributed by atoms with Gasteiger partial charge in [0.2, 0.25) is 0 Å². The minimum Gasteiger partial charge on any atom is -0.394 e. The molecule has 1 heterocycles. The SMILES string of the molecule is CC(C)N(CC1CC1)c1ncncc1N. The lowest BCUT2D eigenvalue weighted by molar-refractivity contribution is 0.637. The lowest BCUT2D eigenvalue weighted by atomic mass is 10.2. The van der Waals surface area contributed by atoms with E-state index >= 15 is 0 Å². The first-order chi connectivity index (χ1) is 7.18. The lowest BCUT2D eigenvalue weighted by Gasteiger charge is -2.28. The van der Waals surface area contributed by atoms with E-state index in [2.05, 4.69) is 28.7 Å². The number of hydrogen-bond acceptors (Lipinski definition) is 4. The van der Waals surface area contributed by atoms with Crippen LogP contribution < -0.4 is 10.6 Å². The molecule has 0 spiro atoms. The summed E-state index contributed by atoms with van der Waals surface area (Å²) in [5.41, 5.74) is 6.56. The summed E-state index contributed by atoms with van der Waals surface area (Å²) in [4.78, 5) is 10.5. The molecule has 2 rings (SSSR count). The molecule has 1 saturated carbocycles. The van der Waals surface area contributed by atoms with Crippen LogP contribution in [0.5, 0.6) is 0 Å². The zero-order chi connectivity index (χ0) is 10.8. The molecule has 0 atom stereocenters. The zero-order valence-corrected chi connectivity index (χ0v) is 9.35. The van der Waals surface area contributed by atoms with Crippen LogP contribution in [0.1, 0.15) is 26.7 Å². The molecule has 0 bridgehead atoms. The minimum absolute atomic E-state index is 0.433. The average molecular weight is 206 g/mol. The number of nitrogens with zero attached hydrogens (tertiary/aromatic N) is 3. The highest BCUT2D eigenvalue weighted by Crippen LogP contribution is 2.32. The van der Waals surface area contributed by atoms with Gasteiger partial charge in [-0.1, -0.05) is 0 Å². The van der Waals surface area contributed by atoms with E-state index in [9.17, 15) is 0 Å². The number of aromatic nitrogens is 2. The van der Waals surface area contributed by atoms with Gasteiger partial charge in [-0.25, -0.2) is 9.97 Å². The molecule has 0 radical (unpaired) electrons. The van der Waals surface area contributed by atoms with Gasteiger partial charge in [0.15, 0.2) is 5.82 Å². The van der Waals surface area contributed by atoms with E-state index in [-0.39, 0.29) is 0 Å². The third kappa shape index (κ3) is 2.37. The highest BCUT2D eigenvalue weighted by atomic mass is 15.2. The second kappa shape index (κ2) is 4.04. The Balaban J connectivity index is 2.19. The summed E-state index contributed by atoms with van der Waals surface area (Å²) in [5, 5.41) is 0. The van der Waals surface area contributed by atoms with Crippen LogP contribution >= 0.6 is 0 Å². The molecule has 1 aliphatic rings. The predicted molar refractivity (Wildman–Crippen MR) is 61.7 cm³/mol. The van der Waals surface area contributed by atoms with Gasteiger partial charge in [-0.3, -0.25) is 0 Å². The molecule has 0 aliphatic heterocycles. The van der Waals surface area contributed by atoms with E-state index in [0.717, 1.165) is 18.3 Å². The molecule has 1 aromatic rings. The summed E-state index contributed by atoms with van der Waals surface area (Å²) < 4.78 is 0. The second-order valence-corrected chi connectivity index (χ2v) is 4.49. The number of rotatable bonds is 4. The van der Waals surface area contributed by atoms with Crippen molar-refractivity contribution in [3.8, 4) is 0 Å². The Kier molecular flexibility index (Phi) is 2.75. The standard InChI is InChI=1S/C11H18N4/c1-8(2)15(6-9-3-4-9)11-10(12)5-13-7-14-11/h5,7-9H,3-4,6,12H2,1-2H3. The van der Waals surface area contributed by atoms with Crippen molar-refractivity contribution in [2.75, 3.05) is 17.2 Å². The Labute approximate surface area is 90.5 Å². The summed E-state index contributed by atoms with van der Waals surface area (Å²) >= 11 is 0. The quantitative estimate of drug-likeness (QED) is 0.814. The average Bonchev–Trinajstić information content (AvgIpc) is 2.99. The Morgan fingerprint density at radius 1 is 1.53 bits per heavy atom. The van der Waals surface area contributed by atoms with Crippen molar-refractivity contribution >= 4 is 11.5 Å². The predicted octanol–water partition coefficient (Wildman–Crippen LogP) is 1.68. The highest BCUT2D eigenvalue weighted by Gasteiger charge is 2.26. The lowest BCUT2D eigenvalue weighted by Crippen LogP contribution is -2.34. The summed E-state index contributed by atoms with van der Waals surface area (Å²) in [6, 6.07) is 0.433. The molecule has 1 aliphatic carbocycles. The fourth-order valence-corrected chi connectivity index (χ4v) is 1.69. The van der Waals surface area contributed by atoms with Crippen molar-refractivity contribution in [3.05, 3.63) is 12.5 Å². The van der Waals surface area contributed by atoms with Crippen molar-refractivity contribution in [2.24, 2.45) is 5.92 Å². The summed E-state index contributed by atoms with van der Waals surface area (Å²) in [5.74, 6) is 1.72. The van der Waals surface area contributed by atoms with E-state index in [1.165, 1.54) is 12.8 Å². The molecule has 4 nitrogen and oxygen atoms in total. The smallest absolute Gasteiger partial charge is 0.155 e. The Morgan fingerprint density at radius 2 is 2.27 bits per heavy atom. The molecule has 82 valence electrons. The van der Waals surface area contributed by atoms with Crippen molar-refractivity contribution in [1.29, 1.82) is 0 Å². The van der Waals surface area contributed by atoms with Gasteiger partial charge in [0.25, 0.3) is 0 Å². The molecular weight excluding hydrogens is 188 g/mol. The molecule has 0 amide bonds. The third-order valence-corrected chi connectivity index (χ3v) is 2.77.